The van der Waals surface area contributed by atoms with Crippen LogP contribution >= 0.6 is 0 Å². The Balaban J connectivity index is 2.02. The van der Waals surface area contributed by atoms with Gasteiger partial charge in [0.25, 0.3) is 0 Å². The van der Waals surface area contributed by atoms with E-state index in [1.165, 1.54) is 10.9 Å². The molecular weight excluding hydrogens is 238 g/mol. The average Bonchev–Trinajstić information content (AvgIpc) is 2.84. The van der Waals surface area contributed by atoms with E-state index in [2.05, 4.69) is 42.8 Å². The number of hydrogen-bond donors (Lipinski definition) is 0. The van der Waals surface area contributed by atoms with Crippen LogP contribution in [0.2, 0.25) is 0 Å². The highest BCUT2D eigenvalue weighted by molar-refractivity contribution is 5.81. The van der Waals surface area contributed by atoms with Crippen molar-refractivity contribution < 1.29 is 9.47 Å². The van der Waals surface area contributed by atoms with E-state index < -0.39 is 0 Å². The molecule has 0 saturated heterocycles. The second-order valence-electron chi connectivity index (χ2n) is 4.69. The quantitative estimate of drug-likeness (QED) is 0.674. The molecule has 0 atom stereocenters. The number of nitrogens with zero attached hydrogens (tertiary/aromatic N) is 1. The van der Waals surface area contributed by atoms with Crippen LogP contribution in [-0.2, 0) is 11.3 Å². The number of rotatable bonds is 8. The van der Waals surface area contributed by atoms with E-state index in [9.17, 15) is 0 Å². The van der Waals surface area contributed by atoms with Crippen LogP contribution in [0.3, 0.4) is 0 Å². The average molecular weight is 261 g/mol. The van der Waals surface area contributed by atoms with Gasteiger partial charge in [-0.05, 0) is 37.1 Å². The molecule has 2 rings (SSSR count). The molecule has 1 heterocycles. The van der Waals surface area contributed by atoms with Gasteiger partial charge < -0.3 is 14.0 Å². The SMILES string of the molecule is CCCOCCn1ccc2cc(OCCC)ccc21. The van der Waals surface area contributed by atoms with Gasteiger partial charge in [0.05, 0.1) is 13.2 Å². The molecule has 2 aromatic rings. The zero-order valence-electron chi connectivity index (χ0n) is 11.9. The summed E-state index contributed by atoms with van der Waals surface area (Å²) in [7, 11) is 0. The van der Waals surface area contributed by atoms with Crippen molar-refractivity contribution in [1.29, 1.82) is 0 Å². The zero-order chi connectivity index (χ0) is 13.5. The van der Waals surface area contributed by atoms with Gasteiger partial charge in [-0.15, -0.1) is 0 Å². The first-order valence-corrected chi connectivity index (χ1v) is 7.14. The molecule has 0 radical (unpaired) electrons. The van der Waals surface area contributed by atoms with Crippen LogP contribution in [0.4, 0.5) is 0 Å². The van der Waals surface area contributed by atoms with Crippen molar-refractivity contribution in [2.75, 3.05) is 19.8 Å². The fourth-order valence-electron chi connectivity index (χ4n) is 2.09. The predicted octanol–water partition coefficient (Wildman–Crippen LogP) is 3.86. The molecule has 0 fully saturated rings. The topological polar surface area (TPSA) is 23.4 Å². The highest BCUT2D eigenvalue weighted by Crippen LogP contribution is 2.22. The third kappa shape index (κ3) is 3.74. The summed E-state index contributed by atoms with van der Waals surface area (Å²) in [5.74, 6) is 0.953. The van der Waals surface area contributed by atoms with Crippen molar-refractivity contribution >= 4 is 10.9 Å². The van der Waals surface area contributed by atoms with E-state index >= 15 is 0 Å². The molecule has 0 saturated carbocycles. The molecule has 0 aliphatic rings. The first kappa shape index (κ1) is 13.9. The van der Waals surface area contributed by atoms with Gasteiger partial charge in [0.2, 0.25) is 0 Å². The third-order valence-corrected chi connectivity index (χ3v) is 3.04. The maximum atomic E-state index is 5.65. The molecule has 19 heavy (non-hydrogen) atoms. The Kier molecular flexibility index (Phi) is 5.28. The molecule has 0 unspecified atom stereocenters. The molecule has 3 heteroatoms. The van der Waals surface area contributed by atoms with Gasteiger partial charge in [0.1, 0.15) is 5.75 Å². The smallest absolute Gasteiger partial charge is 0.120 e. The Hall–Kier alpha value is -1.48. The Labute approximate surface area is 115 Å². The van der Waals surface area contributed by atoms with Crippen molar-refractivity contribution in [3.8, 4) is 5.75 Å². The minimum atomic E-state index is 0.770. The Morgan fingerprint density at radius 2 is 1.84 bits per heavy atom. The van der Waals surface area contributed by atoms with Gasteiger partial charge in [-0.3, -0.25) is 0 Å². The van der Waals surface area contributed by atoms with E-state index in [1.807, 2.05) is 6.07 Å². The standard InChI is InChI=1S/C16H23NO2/c1-3-10-18-12-9-17-8-7-14-13-15(19-11-4-2)5-6-16(14)17/h5-8,13H,3-4,9-12H2,1-2H3. The van der Waals surface area contributed by atoms with E-state index in [4.69, 9.17) is 9.47 Å². The second kappa shape index (κ2) is 7.19. The highest BCUT2D eigenvalue weighted by atomic mass is 16.5. The summed E-state index contributed by atoms with van der Waals surface area (Å²) in [6, 6.07) is 8.41. The van der Waals surface area contributed by atoms with Gasteiger partial charge in [0, 0.05) is 30.3 Å². The largest absolute Gasteiger partial charge is 0.494 e. The molecular formula is C16H23NO2. The maximum Gasteiger partial charge on any atom is 0.120 e. The molecule has 0 N–H and O–H groups in total. The molecule has 0 aliphatic carbocycles. The van der Waals surface area contributed by atoms with Gasteiger partial charge in [0.15, 0.2) is 0 Å². The molecule has 1 aromatic carbocycles. The Bertz CT molecular complexity index is 504. The maximum absolute atomic E-state index is 5.65. The first-order chi connectivity index (χ1) is 9.35. The van der Waals surface area contributed by atoms with Gasteiger partial charge >= 0.3 is 0 Å². The third-order valence-electron chi connectivity index (χ3n) is 3.04. The first-order valence-electron chi connectivity index (χ1n) is 7.14. The summed E-state index contributed by atoms with van der Waals surface area (Å²) >= 11 is 0. The lowest BCUT2D eigenvalue weighted by molar-refractivity contribution is 0.127. The van der Waals surface area contributed by atoms with Crippen LogP contribution < -0.4 is 4.74 Å². The highest BCUT2D eigenvalue weighted by Gasteiger charge is 2.02. The summed E-state index contributed by atoms with van der Waals surface area (Å²) in [6.45, 7) is 7.53. The molecule has 0 bridgehead atoms. The van der Waals surface area contributed by atoms with Crippen LogP contribution in [0.25, 0.3) is 10.9 Å². The van der Waals surface area contributed by atoms with E-state index in [0.29, 0.717) is 0 Å². The van der Waals surface area contributed by atoms with Crippen molar-refractivity contribution in [1.82, 2.24) is 4.57 Å². The van der Waals surface area contributed by atoms with Crippen LogP contribution in [-0.4, -0.2) is 24.4 Å². The van der Waals surface area contributed by atoms with Crippen LogP contribution in [0.15, 0.2) is 30.5 Å². The van der Waals surface area contributed by atoms with E-state index in [1.54, 1.807) is 0 Å². The summed E-state index contributed by atoms with van der Waals surface area (Å²) in [5.41, 5.74) is 1.24. The van der Waals surface area contributed by atoms with Crippen molar-refractivity contribution in [3.63, 3.8) is 0 Å². The van der Waals surface area contributed by atoms with Crippen molar-refractivity contribution in [2.45, 2.75) is 33.2 Å². The van der Waals surface area contributed by atoms with Crippen LogP contribution in [0, 0.1) is 0 Å². The molecule has 1 aromatic heterocycles. The molecule has 104 valence electrons. The van der Waals surface area contributed by atoms with Crippen LogP contribution in [0.1, 0.15) is 26.7 Å². The minimum Gasteiger partial charge on any atom is -0.494 e. The van der Waals surface area contributed by atoms with E-state index in [0.717, 1.165) is 45.0 Å². The van der Waals surface area contributed by atoms with E-state index in [-0.39, 0.29) is 0 Å². The normalized spacial score (nSPS) is 11.1. The summed E-state index contributed by atoms with van der Waals surface area (Å²) in [6.07, 6.45) is 4.22. The number of fused-ring (bicyclic) bond motifs is 1. The van der Waals surface area contributed by atoms with Crippen molar-refractivity contribution in [3.05, 3.63) is 30.5 Å². The van der Waals surface area contributed by atoms with Crippen LogP contribution in [0.5, 0.6) is 5.75 Å². The summed E-state index contributed by atoms with van der Waals surface area (Å²) < 4.78 is 13.4. The lowest BCUT2D eigenvalue weighted by atomic mass is 10.2. The molecule has 0 aliphatic heterocycles. The number of aromatic nitrogens is 1. The Morgan fingerprint density at radius 3 is 2.63 bits per heavy atom. The van der Waals surface area contributed by atoms with Gasteiger partial charge in [-0.1, -0.05) is 13.8 Å². The lowest BCUT2D eigenvalue weighted by Crippen LogP contribution is -2.05. The zero-order valence-corrected chi connectivity index (χ0v) is 11.9. The lowest BCUT2D eigenvalue weighted by Gasteiger charge is -2.07. The second-order valence-corrected chi connectivity index (χ2v) is 4.69. The summed E-state index contributed by atoms with van der Waals surface area (Å²) in [4.78, 5) is 0. The monoisotopic (exact) mass is 261 g/mol. The number of ether oxygens (including phenoxy) is 2. The minimum absolute atomic E-state index is 0.770. The fraction of sp³-hybridized carbons (Fsp3) is 0.500. The Morgan fingerprint density at radius 1 is 1.00 bits per heavy atom. The number of hydrogen-bond acceptors (Lipinski definition) is 2. The van der Waals surface area contributed by atoms with Gasteiger partial charge in [-0.25, -0.2) is 0 Å². The summed E-state index contributed by atoms with van der Waals surface area (Å²) in [5, 5.41) is 1.23. The fourth-order valence-corrected chi connectivity index (χ4v) is 2.09. The number of benzene rings is 1. The molecule has 0 amide bonds. The predicted molar refractivity (Wildman–Crippen MR) is 78.8 cm³/mol. The van der Waals surface area contributed by atoms with Gasteiger partial charge in [-0.2, -0.15) is 0 Å². The van der Waals surface area contributed by atoms with Crippen molar-refractivity contribution in [2.24, 2.45) is 0 Å². The molecule has 3 nitrogen and oxygen atoms in total. The molecule has 0 spiro atoms.